The first-order chi connectivity index (χ1) is 12.4. The van der Waals surface area contributed by atoms with Crippen molar-refractivity contribution in [2.45, 2.75) is 11.4 Å². The zero-order valence-electron chi connectivity index (χ0n) is 14.5. The van der Waals surface area contributed by atoms with Crippen LogP contribution in [0.15, 0.2) is 45.9 Å². The van der Waals surface area contributed by atoms with Gasteiger partial charge in [0.2, 0.25) is 10.0 Å². The van der Waals surface area contributed by atoms with Crippen LogP contribution in [0.5, 0.6) is 0 Å². The number of hydrogen-bond acceptors (Lipinski definition) is 6. The Bertz CT molecular complexity index is 886. The number of benzene rings is 1. The van der Waals surface area contributed by atoms with Crippen LogP contribution in [0.1, 0.15) is 16.1 Å². The smallest absolute Gasteiger partial charge is 0.258 e. The highest BCUT2D eigenvalue weighted by Crippen LogP contribution is 2.21. The van der Waals surface area contributed by atoms with E-state index in [1.54, 1.807) is 18.2 Å². The number of anilines is 1. The van der Waals surface area contributed by atoms with Crippen LogP contribution in [0.4, 0.5) is 5.69 Å². The van der Waals surface area contributed by atoms with Gasteiger partial charge in [-0.15, -0.1) is 0 Å². The van der Waals surface area contributed by atoms with Gasteiger partial charge in [-0.25, -0.2) is 8.42 Å². The van der Waals surface area contributed by atoms with Crippen LogP contribution in [0, 0.1) is 0 Å². The van der Waals surface area contributed by atoms with Crippen molar-refractivity contribution in [1.29, 1.82) is 0 Å². The van der Waals surface area contributed by atoms with E-state index in [1.807, 2.05) is 7.05 Å². The summed E-state index contributed by atoms with van der Waals surface area (Å²) in [4.78, 5) is 14.5. The third-order valence-electron chi connectivity index (χ3n) is 4.31. The number of nitrogens with one attached hydrogen (secondary N) is 1. The molecule has 1 aromatic heterocycles. The molecule has 8 nitrogen and oxygen atoms in total. The summed E-state index contributed by atoms with van der Waals surface area (Å²) in [6.45, 7) is 2.49. The van der Waals surface area contributed by atoms with Gasteiger partial charge in [-0.3, -0.25) is 4.79 Å². The van der Waals surface area contributed by atoms with E-state index in [0.717, 1.165) is 0 Å². The van der Waals surface area contributed by atoms with Gasteiger partial charge in [-0.1, -0.05) is 6.07 Å². The molecular formula is C17H22N4O4S. The van der Waals surface area contributed by atoms with Gasteiger partial charge in [-0.2, -0.15) is 4.31 Å². The Morgan fingerprint density at radius 2 is 1.96 bits per heavy atom. The molecule has 26 heavy (non-hydrogen) atoms. The van der Waals surface area contributed by atoms with Gasteiger partial charge in [0.15, 0.2) is 0 Å². The van der Waals surface area contributed by atoms with Crippen molar-refractivity contribution in [3.8, 4) is 0 Å². The zero-order valence-corrected chi connectivity index (χ0v) is 15.3. The van der Waals surface area contributed by atoms with E-state index in [2.05, 4.69) is 10.2 Å². The largest absolute Gasteiger partial charge is 0.467 e. The Balaban J connectivity index is 1.76. The van der Waals surface area contributed by atoms with Gasteiger partial charge in [0.25, 0.3) is 5.91 Å². The maximum absolute atomic E-state index is 12.8. The molecule has 1 amide bonds. The molecule has 2 aromatic rings. The van der Waals surface area contributed by atoms with Crippen LogP contribution in [0.2, 0.25) is 0 Å². The molecule has 2 heterocycles. The Morgan fingerprint density at radius 1 is 1.23 bits per heavy atom. The Labute approximate surface area is 152 Å². The Morgan fingerprint density at radius 3 is 2.62 bits per heavy atom. The van der Waals surface area contributed by atoms with Crippen molar-refractivity contribution in [2.75, 3.05) is 38.5 Å². The summed E-state index contributed by atoms with van der Waals surface area (Å²) in [7, 11) is -1.62. The molecule has 0 radical (unpaired) electrons. The summed E-state index contributed by atoms with van der Waals surface area (Å²) in [6.07, 6.45) is 1.32. The van der Waals surface area contributed by atoms with Crippen LogP contribution < -0.4 is 11.1 Å². The van der Waals surface area contributed by atoms with E-state index in [9.17, 15) is 13.2 Å². The van der Waals surface area contributed by atoms with Gasteiger partial charge in [0.1, 0.15) is 12.0 Å². The number of piperazine rings is 1. The second kappa shape index (κ2) is 7.58. The molecule has 0 aliphatic carbocycles. The highest BCUT2D eigenvalue weighted by molar-refractivity contribution is 7.89. The lowest BCUT2D eigenvalue weighted by atomic mass is 10.2. The SMILES string of the molecule is CN1CCN(S(=O)(=O)c2cccc(NC(=O)c3coc(CN)c3)c2)CC1. The monoisotopic (exact) mass is 378 g/mol. The molecule has 3 rings (SSSR count). The number of sulfonamides is 1. The van der Waals surface area contributed by atoms with Crippen LogP contribution in [0.25, 0.3) is 0 Å². The molecular weight excluding hydrogens is 356 g/mol. The van der Waals surface area contributed by atoms with Crippen molar-refractivity contribution < 1.29 is 17.6 Å². The summed E-state index contributed by atoms with van der Waals surface area (Å²) in [5.74, 6) is 0.115. The number of furan rings is 1. The molecule has 9 heteroatoms. The molecule has 3 N–H and O–H groups in total. The lowest BCUT2D eigenvalue weighted by Crippen LogP contribution is -2.47. The molecule has 140 valence electrons. The predicted molar refractivity (Wildman–Crippen MR) is 97.3 cm³/mol. The number of nitrogens with zero attached hydrogens (tertiary/aromatic N) is 2. The first-order valence-corrected chi connectivity index (χ1v) is 9.72. The molecule has 0 saturated carbocycles. The minimum Gasteiger partial charge on any atom is -0.467 e. The van der Waals surface area contributed by atoms with Gasteiger partial charge >= 0.3 is 0 Å². The predicted octanol–water partition coefficient (Wildman–Crippen LogP) is 0.927. The first kappa shape index (κ1) is 18.6. The summed E-state index contributed by atoms with van der Waals surface area (Å²) in [5.41, 5.74) is 6.20. The van der Waals surface area contributed by atoms with Gasteiger partial charge < -0.3 is 20.4 Å². The fourth-order valence-corrected chi connectivity index (χ4v) is 4.19. The van der Waals surface area contributed by atoms with Gasteiger partial charge in [0.05, 0.1) is 17.0 Å². The van der Waals surface area contributed by atoms with Crippen LogP contribution in [0.3, 0.4) is 0 Å². The lowest BCUT2D eigenvalue weighted by Gasteiger charge is -2.31. The molecule has 1 aliphatic rings. The van der Waals surface area contributed by atoms with E-state index in [1.165, 1.54) is 22.7 Å². The number of nitrogens with two attached hydrogens (primary N) is 1. The first-order valence-electron chi connectivity index (χ1n) is 8.28. The third kappa shape index (κ3) is 3.96. The fraction of sp³-hybridized carbons (Fsp3) is 0.353. The number of rotatable bonds is 5. The molecule has 0 bridgehead atoms. The number of carbonyl (C=O) groups excluding carboxylic acids is 1. The van der Waals surface area contributed by atoms with Crippen molar-refractivity contribution >= 4 is 21.6 Å². The maximum Gasteiger partial charge on any atom is 0.258 e. The van der Waals surface area contributed by atoms with E-state index < -0.39 is 10.0 Å². The van der Waals surface area contributed by atoms with E-state index in [4.69, 9.17) is 10.2 Å². The standard InChI is InChI=1S/C17H22N4O4S/c1-20-5-7-21(8-6-20)26(23,24)16-4-2-3-14(10-16)19-17(22)13-9-15(11-18)25-12-13/h2-4,9-10,12H,5-8,11,18H2,1H3,(H,19,22). The molecule has 1 aliphatic heterocycles. The molecule has 0 unspecified atom stereocenters. The molecule has 0 atom stereocenters. The highest BCUT2D eigenvalue weighted by Gasteiger charge is 2.27. The van der Waals surface area contributed by atoms with Crippen LogP contribution in [-0.4, -0.2) is 56.8 Å². The number of carbonyl (C=O) groups is 1. The fourth-order valence-electron chi connectivity index (χ4n) is 2.72. The quantitative estimate of drug-likeness (QED) is 0.801. The summed E-state index contributed by atoms with van der Waals surface area (Å²) in [6, 6.07) is 7.81. The van der Waals surface area contributed by atoms with E-state index >= 15 is 0 Å². The van der Waals surface area contributed by atoms with E-state index in [-0.39, 0.29) is 17.3 Å². The average molecular weight is 378 g/mol. The highest BCUT2D eigenvalue weighted by atomic mass is 32.2. The van der Waals surface area contributed by atoms with Gasteiger partial charge in [0, 0.05) is 31.9 Å². The molecule has 0 spiro atoms. The number of hydrogen-bond donors (Lipinski definition) is 2. The van der Waals surface area contributed by atoms with Crippen molar-refractivity contribution in [3.05, 3.63) is 47.9 Å². The summed E-state index contributed by atoms with van der Waals surface area (Å²) < 4.78 is 32.2. The van der Waals surface area contributed by atoms with Crippen molar-refractivity contribution in [3.63, 3.8) is 0 Å². The number of likely N-dealkylation sites (N-methyl/N-ethyl adjacent to an activating group) is 1. The van der Waals surface area contributed by atoms with Crippen molar-refractivity contribution in [1.82, 2.24) is 9.21 Å². The lowest BCUT2D eigenvalue weighted by molar-refractivity contribution is 0.102. The molecule has 1 fully saturated rings. The maximum atomic E-state index is 12.8. The Hall–Kier alpha value is -2.20. The normalized spacial score (nSPS) is 16.5. The molecule has 1 saturated heterocycles. The third-order valence-corrected chi connectivity index (χ3v) is 6.20. The minimum atomic E-state index is -3.59. The van der Waals surface area contributed by atoms with Crippen LogP contribution in [-0.2, 0) is 16.6 Å². The second-order valence-corrected chi connectivity index (χ2v) is 8.13. The van der Waals surface area contributed by atoms with E-state index in [0.29, 0.717) is 43.2 Å². The average Bonchev–Trinajstić information content (AvgIpc) is 3.12. The zero-order chi connectivity index (χ0) is 18.7. The Kier molecular flexibility index (Phi) is 5.42. The van der Waals surface area contributed by atoms with Crippen LogP contribution >= 0.6 is 0 Å². The molecule has 1 aromatic carbocycles. The summed E-state index contributed by atoms with van der Waals surface area (Å²) >= 11 is 0. The topological polar surface area (TPSA) is 109 Å². The van der Waals surface area contributed by atoms with Gasteiger partial charge in [-0.05, 0) is 31.3 Å². The second-order valence-electron chi connectivity index (χ2n) is 6.20. The van der Waals surface area contributed by atoms with Crippen molar-refractivity contribution in [2.24, 2.45) is 5.73 Å². The summed E-state index contributed by atoms with van der Waals surface area (Å²) in [5, 5.41) is 2.69. The minimum absolute atomic E-state index is 0.162. The number of amides is 1.